The third kappa shape index (κ3) is 9.06. The molecule has 11 heteroatoms. The quantitative estimate of drug-likeness (QED) is 0.344. The van der Waals surface area contributed by atoms with Crippen LogP contribution >= 0.6 is 34.8 Å². The first-order chi connectivity index (χ1) is 17.2. The summed E-state index contributed by atoms with van der Waals surface area (Å²) in [7, 11) is -3.62. The van der Waals surface area contributed by atoms with Gasteiger partial charge in [0, 0.05) is 31.1 Å². The molecule has 2 aromatic rings. The van der Waals surface area contributed by atoms with Gasteiger partial charge in [-0.25, -0.2) is 8.42 Å². The van der Waals surface area contributed by atoms with Crippen molar-refractivity contribution >= 4 is 62.3 Å². The Balaban J connectivity index is 2.22. The Labute approximate surface area is 235 Å². The molecular formula is C26H34Cl3N3O4S. The van der Waals surface area contributed by atoms with E-state index in [0.29, 0.717) is 32.9 Å². The molecule has 0 aliphatic carbocycles. The fraction of sp³-hybridized carbons (Fsp3) is 0.462. The zero-order valence-electron chi connectivity index (χ0n) is 21.7. The van der Waals surface area contributed by atoms with Gasteiger partial charge in [-0.2, -0.15) is 0 Å². The van der Waals surface area contributed by atoms with E-state index < -0.39 is 16.1 Å². The van der Waals surface area contributed by atoms with Crippen molar-refractivity contribution in [3.63, 3.8) is 0 Å². The fourth-order valence-electron chi connectivity index (χ4n) is 3.72. The molecule has 0 saturated heterocycles. The highest BCUT2D eigenvalue weighted by atomic mass is 35.5. The first-order valence-corrected chi connectivity index (χ1v) is 14.9. The van der Waals surface area contributed by atoms with Gasteiger partial charge in [0.25, 0.3) is 0 Å². The number of anilines is 1. The van der Waals surface area contributed by atoms with E-state index in [1.165, 1.54) is 9.21 Å². The van der Waals surface area contributed by atoms with Gasteiger partial charge in [0.05, 0.1) is 22.0 Å². The molecule has 0 saturated carbocycles. The fourth-order valence-corrected chi connectivity index (χ4v) is 5.22. The van der Waals surface area contributed by atoms with Crippen molar-refractivity contribution in [3.8, 4) is 0 Å². The smallest absolute Gasteiger partial charge is 0.242 e. The van der Waals surface area contributed by atoms with Crippen LogP contribution in [0.25, 0.3) is 0 Å². The summed E-state index contributed by atoms with van der Waals surface area (Å²) in [6.45, 7) is 8.11. The van der Waals surface area contributed by atoms with Gasteiger partial charge in [0.2, 0.25) is 21.8 Å². The zero-order valence-corrected chi connectivity index (χ0v) is 24.8. The number of amides is 2. The molecule has 0 radical (unpaired) electrons. The molecule has 2 amide bonds. The van der Waals surface area contributed by atoms with Crippen molar-refractivity contribution in [2.45, 2.75) is 53.1 Å². The number of halogens is 3. The first kappa shape index (κ1) is 31.2. The lowest BCUT2D eigenvalue weighted by Gasteiger charge is -2.30. The van der Waals surface area contributed by atoms with Gasteiger partial charge in [0.1, 0.15) is 6.04 Å². The number of carbonyl (C=O) groups is 2. The van der Waals surface area contributed by atoms with Crippen LogP contribution in [0.3, 0.4) is 0 Å². The first-order valence-electron chi connectivity index (χ1n) is 12.0. The number of nitrogens with one attached hydrogen (secondary N) is 1. The monoisotopic (exact) mass is 589 g/mol. The number of sulfonamides is 1. The van der Waals surface area contributed by atoms with E-state index in [1.807, 2.05) is 13.8 Å². The molecule has 0 aliphatic rings. The van der Waals surface area contributed by atoms with Crippen molar-refractivity contribution in [2.24, 2.45) is 5.92 Å². The minimum Gasteiger partial charge on any atom is -0.354 e. The maximum absolute atomic E-state index is 13.4. The summed E-state index contributed by atoms with van der Waals surface area (Å²) >= 11 is 18.4. The molecule has 0 aliphatic heterocycles. The third-order valence-electron chi connectivity index (χ3n) is 5.85. The molecule has 0 aromatic heterocycles. The molecule has 0 fully saturated rings. The van der Waals surface area contributed by atoms with E-state index in [-0.39, 0.29) is 43.7 Å². The summed E-state index contributed by atoms with van der Waals surface area (Å²) in [5, 5.41) is 4.07. The average Bonchev–Trinajstić information content (AvgIpc) is 2.81. The Morgan fingerprint density at radius 1 is 1.00 bits per heavy atom. The van der Waals surface area contributed by atoms with Crippen LogP contribution in [0.15, 0.2) is 36.4 Å². The highest BCUT2D eigenvalue weighted by molar-refractivity contribution is 7.92. The van der Waals surface area contributed by atoms with Gasteiger partial charge in [0.15, 0.2) is 0 Å². The van der Waals surface area contributed by atoms with Crippen LogP contribution < -0.4 is 9.62 Å². The lowest BCUT2D eigenvalue weighted by atomic mass is 10.1. The molecule has 0 unspecified atom stereocenters. The Kier molecular flexibility index (Phi) is 11.6. The molecule has 2 rings (SSSR count). The average molecular weight is 591 g/mol. The van der Waals surface area contributed by atoms with Crippen LogP contribution in [-0.4, -0.2) is 50.5 Å². The number of carbonyl (C=O) groups excluding carboxylic acids is 2. The molecule has 0 spiro atoms. The Morgan fingerprint density at radius 3 is 2.27 bits per heavy atom. The third-order valence-corrected chi connectivity index (χ3v) is 8.18. The summed E-state index contributed by atoms with van der Waals surface area (Å²) in [6, 6.07) is 9.37. The van der Waals surface area contributed by atoms with Crippen LogP contribution in [-0.2, 0) is 26.2 Å². The van der Waals surface area contributed by atoms with Crippen LogP contribution in [0.2, 0.25) is 15.1 Å². The van der Waals surface area contributed by atoms with Crippen LogP contribution in [0.1, 0.15) is 44.7 Å². The number of nitrogens with zero attached hydrogens (tertiary/aromatic N) is 2. The number of benzene rings is 2. The summed E-state index contributed by atoms with van der Waals surface area (Å²) in [6.07, 6.45) is 1.40. The predicted molar refractivity (Wildman–Crippen MR) is 152 cm³/mol. The molecule has 1 N–H and O–H groups in total. The topological polar surface area (TPSA) is 86.8 Å². The van der Waals surface area contributed by atoms with Crippen LogP contribution in [0.5, 0.6) is 0 Å². The molecule has 7 nitrogen and oxygen atoms in total. The molecule has 2 aromatic carbocycles. The Bertz CT molecular complexity index is 1220. The van der Waals surface area contributed by atoms with Crippen molar-refractivity contribution in [2.75, 3.05) is 23.7 Å². The zero-order chi connectivity index (χ0) is 27.9. The van der Waals surface area contributed by atoms with Gasteiger partial charge in [-0.05, 0) is 61.6 Å². The van der Waals surface area contributed by atoms with Crippen molar-refractivity contribution in [1.29, 1.82) is 0 Å². The summed E-state index contributed by atoms with van der Waals surface area (Å²) in [4.78, 5) is 27.7. The van der Waals surface area contributed by atoms with Crippen LogP contribution in [0.4, 0.5) is 5.69 Å². The maximum Gasteiger partial charge on any atom is 0.242 e. The maximum atomic E-state index is 13.4. The molecular weight excluding hydrogens is 557 g/mol. The normalized spacial score (nSPS) is 12.4. The van der Waals surface area contributed by atoms with E-state index in [9.17, 15) is 18.0 Å². The van der Waals surface area contributed by atoms with Gasteiger partial charge in [-0.15, -0.1) is 0 Å². The predicted octanol–water partition coefficient (Wildman–Crippen LogP) is 5.69. The van der Waals surface area contributed by atoms with E-state index in [0.717, 1.165) is 11.8 Å². The van der Waals surface area contributed by atoms with E-state index in [4.69, 9.17) is 34.8 Å². The molecule has 204 valence electrons. The number of hydrogen-bond acceptors (Lipinski definition) is 4. The second-order valence-electron chi connectivity index (χ2n) is 9.41. The van der Waals surface area contributed by atoms with Crippen molar-refractivity contribution in [3.05, 3.63) is 62.6 Å². The Hall–Kier alpha value is -2.00. The molecule has 1 atom stereocenters. The second kappa shape index (κ2) is 13.7. The van der Waals surface area contributed by atoms with E-state index in [2.05, 4.69) is 5.32 Å². The van der Waals surface area contributed by atoms with Gasteiger partial charge < -0.3 is 10.2 Å². The van der Waals surface area contributed by atoms with Crippen molar-refractivity contribution in [1.82, 2.24) is 10.2 Å². The lowest BCUT2D eigenvalue weighted by Crippen LogP contribution is -2.48. The van der Waals surface area contributed by atoms with E-state index >= 15 is 0 Å². The second-order valence-corrected chi connectivity index (χ2v) is 12.5. The summed E-state index contributed by atoms with van der Waals surface area (Å²) < 4.78 is 26.3. The summed E-state index contributed by atoms with van der Waals surface area (Å²) in [5.41, 5.74) is 1.83. The minimum absolute atomic E-state index is 0.0365. The van der Waals surface area contributed by atoms with E-state index in [1.54, 1.807) is 50.2 Å². The van der Waals surface area contributed by atoms with Crippen molar-refractivity contribution < 1.29 is 18.0 Å². The number of hydrogen-bond donors (Lipinski definition) is 1. The largest absolute Gasteiger partial charge is 0.354 e. The molecule has 0 heterocycles. The molecule has 0 bridgehead atoms. The highest BCUT2D eigenvalue weighted by Gasteiger charge is 2.27. The van der Waals surface area contributed by atoms with Gasteiger partial charge in [-0.1, -0.05) is 60.8 Å². The van der Waals surface area contributed by atoms with Crippen LogP contribution in [0, 0.1) is 12.8 Å². The molecule has 37 heavy (non-hydrogen) atoms. The number of rotatable bonds is 12. The van der Waals surface area contributed by atoms with Gasteiger partial charge >= 0.3 is 0 Å². The minimum atomic E-state index is -3.62. The summed E-state index contributed by atoms with van der Waals surface area (Å²) in [5.74, 6) is -0.295. The lowest BCUT2D eigenvalue weighted by molar-refractivity contribution is -0.140. The Morgan fingerprint density at radius 2 is 1.68 bits per heavy atom. The highest BCUT2D eigenvalue weighted by Crippen LogP contribution is 2.29. The standard InChI is InChI=1S/C26H34Cl3N3O4S/c1-17(2)15-30-26(34)19(4)31(16-20-11-12-22(28)23(29)14-20)25(33)10-7-13-32(37(5,35)36)24-9-6-8-21(27)18(24)3/h6,8-9,11-12,14,17,19H,7,10,13,15-16H2,1-5H3,(H,30,34)/t19-/m1/s1. The SMILES string of the molecule is Cc1c(Cl)cccc1N(CCCC(=O)N(Cc1ccc(Cl)c(Cl)c1)[C@H](C)C(=O)NCC(C)C)S(C)(=O)=O. The van der Waals surface area contributed by atoms with Gasteiger partial charge in [-0.3, -0.25) is 13.9 Å².